The lowest BCUT2D eigenvalue weighted by Crippen LogP contribution is -2.36. The molecule has 0 radical (unpaired) electrons. The molecule has 0 aromatic heterocycles. The number of aliphatic carboxylic acids is 1. The second-order valence-electron chi connectivity index (χ2n) is 5.26. The maximum atomic E-state index is 12.0. The van der Waals surface area contributed by atoms with Gasteiger partial charge in [-0.1, -0.05) is 25.2 Å². The van der Waals surface area contributed by atoms with E-state index in [9.17, 15) is 9.59 Å². The van der Waals surface area contributed by atoms with Crippen LogP contribution in [0.1, 0.15) is 44.9 Å². The summed E-state index contributed by atoms with van der Waals surface area (Å²) in [6, 6.07) is 0. The fourth-order valence-corrected chi connectivity index (χ4v) is 2.72. The first kappa shape index (κ1) is 14.6. The molecule has 18 heavy (non-hydrogen) atoms. The van der Waals surface area contributed by atoms with E-state index in [1.165, 1.54) is 4.90 Å². The average Bonchev–Trinajstić information content (AvgIpc) is 2.29. The zero-order valence-electron chi connectivity index (χ0n) is 10.9. The van der Waals surface area contributed by atoms with Gasteiger partial charge < -0.3 is 10.0 Å². The highest BCUT2D eigenvalue weighted by Crippen LogP contribution is 2.42. The van der Waals surface area contributed by atoms with Crippen molar-refractivity contribution in [1.29, 1.82) is 0 Å². The number of terminal acetylenes is 1. The van der Waals surface area contributed by atoms with Crippen LogP contribution in [0.2, 0.25) is 0 Å². The Balaban J connectivity index is 2.69. The summed E-state index contributed by atoms with van der Waals surface area (Å²) in [5.74, 6) is 1.57. The average molecular weight is 251 g/mol. The van der Waals surface area contributed by atoms with Crippen molar-refractivity contribution in [1.82, 2.24) is 4.90 Å². The van der Waals surface area contributed by atoms with Crippen LogP contribution in [-0.4, -0.2) is 35.5 Å². The molecule has 0 heterocycles. The largest absolute Gasteiger partial charge is 0.481 e. The van der Waals surface area contributed by atoms with E-state index in [2.05, 4.69) is 5.92 Å². The van der Waals surface area contributed by atoms with Crippen molar-refractivity contribution in [2.75, 3.05) is 13.6 Å². The summed E-state index contributed by atoms with van der Waals surface area (Å²) in [6.45, 7) is 0.280. The van der Waals surface area contributed by atoms with Gasteiger partial charge in [-0.25, -0.2) is 0 Å². The monoisotopic (exact) mass is 251 g/mol. The Labute approximate surface area is 108 Å². The lowest BCUT2D eigenvalue weighted by Gasteiger charge is -2.36. The predicted molar refractivity (Wildman–Crippen MR) is 68.9 cm³/mol. The number of carboxylic acid groups (broad SMARTS) is 1. The normalized spacial score (nSPS) is 17.8. The number of hydrogen-bond acceptors (Lipinski definition) is 2. The highest BCUT2D eigenvalue weighted by molar-refractivity contribution is 5.78. The Hall–Kier alpha value is -1.50. The summed E-state index contributed by atoms with van der Waals surface area (Å²) in [5.41, 5.74) is -0.357. The molecule has 4 nitrogen and oxygen atoms in total. The summed E-state index contributed by atoms with van der Waals surface area (Å²) >= 11 is 0. The van der Waals surface area contributed by atoms with E-state index in [4.69, 9.17) is 11.5 Å². The molecule has 0 aromatic rings. The lowest BCUT2D eigenvalue weighted by molar-refractivity contribution is -0.142. The van der Waals surface area contributed by atoms with Gasteiger partial charge in [0.2, 0.25) is 5.91 Å². The standard InChI is InChI=1S/C14H21NO3/c1-3-9-15(2)12(16)10-14(11-13(17)18)7-5-4-6-8-14/h1H,4-11H2,2H3,(H,17,18). The van der Waals surface area contributed by atoms with Crippen molar-refractivity contribution >= 4 is 11.9 Å². The molecule has 1 rings (SSSR count). The van der Waals surface area contributed by atoms with E-state index in [0.717, 1.165) is 32.1 Å². The molecule has 0 saturated heterocycles. The smallest absolute Gasteiger partial charge is 0.303 e. The molecule has 1 N–H and O–H groups in total. The van der Waals surface area contributed by atoms with Crippen molar-refractivity contribution in [3.8, 4) is 12.3 Å². The Bertz CT molecular complexity index is 351. The van der Waals surface area contributed by atoms with Gasteiger partial charge in [-0.05, 0) is 18.3 Å². The van der Waals surface area contributed by atoms with E-state index < -0.39 is 5.97 Å². The molecule has 4 heteroatoms. The quantitative estimate of drug-likeness (QED) is 0.759. The molecule has 0 atom stereocenters. The molecule has 0 unspecified atom stereocenters. The number of carbonyl (C=O) groups is 2. The van der Waals surface area contributed by atoms with Crippen LogP contribution in [0.15, 0.2) is 0 Å². The Morgan fingerprint density at radius 2 is 1.89 bits per heavy atom. The van der Waals surface area contributed by atoms with Crippen LogP contribution < -0.4 is 0 Å². The number of rotatable bonds is 5. The van der Waals surface area contributed by atoms with E-state index in [1.807, 2.05) is 0 Å². The summed E-state index contributed by atoms with van der Waals surface area (Å²) in [6.07, 6.45) is 10.4. The Kier molecular flexibility index (Phi) is 5.21. The third-order valence-electron chi connectivity index (χ3n) is 3.72. The minimum absolute atomic E-state index is 0.0453. The zero-order valence-corrected chi connectivity index (χ0v) is 10.9. The van der Waals surface area contributed by atoms with Crippen molar-refractivity contribution in [2.45, 2.75) is 44.9 Å². The lowest BCUT2D eigenvalue weighted by atomic mass is 9.69. The molecular weight excluding hydrogens is 230 g/mol. The van der Waals surface area contributed by atoms with Crippen LogP contribution in [0.5, 0.6) is 0 Å². The fourth-order valence-electron chi connectivity index (χ4n) is 2.72. The van der Waals surface area contributed by atoms with Gasteiger partial charge in [0, 0.05) is 13.5 Å². The summed E-state index contributed by atoms with van der Waals surface area (Å²) in [7, 11) is 1.67. The molecule has 0 aromatic carbocycles. The van der Waals surface area contributed by atoms with Crippen LogP contribution in [0.4, 0.5) is 0 Å². The summed E-state index contributed by atoms with van der Waals surface area (Å²) in [5, 5.41) is 9.03. The minimum atomic E-state index is -0.815. The number of nitrogens with zero attached hydrogens (tertiary/aromatic N) is 1. The highest BCUT2D eigenvalue weighted by atomic mass is 16.4. The molecule has 1 aliphatic rings. The molecule has 100 valence electrons. The molecule has 1 amide bonds. The van der Waals surface area contributed by atoms with Crippen molar-refractivity contribution in [3.05, 3.63) is 0 Å². The van der Waals surface area contributed by atoms with Crippen molar-refractivity contribution in [3.63, 3.8) is 0 Å². The van der Waals surface area contributed by atoms with Gasteiger partial charge in [0.05, 0.1) is 13.0 Å². The van der Waals surface area contributed by atoms with Crippen LogP contribution in [-0.2, 0) is 9.59 Å². The van der Waals surface area contributed by atoms with Crippen molar-refractivity contribution < 1.29 is 14.7 Å². The molecular formula is C14H21NO3. The van der Waals surface area contributed by atoms with Gasteiger partial charge in [0.15, 0.2) is 0 Å². The van der Waals surface area contributed by atoms with Crippen LogP contribution >= 0.6 is 0 Å². The first-order chi connectivity index (χ1) is 8.49. The number of carbonyl (C=O) groups excluding carboxylic acids is 1. The molecule has 0 spiro atoms. The van der Waals surface area contributed by atoms with Gasteiger partial charge in [0.25, 0.3) is 0 Å². The number of hydrogen-bond donors (Lipinski definition) is 1. The summed E-state index contributed by atoms with van der Waals surface area (Å²) in [4.78, 5) is 24.5. The molecule has 1 fully saturated rings. The van der Waals surface area contributed by atoms with Crippen LogP contribution in [0.3, 0.4) is 0 Å². The van der Waals surface area contributed by atoms with E-state index in [0.29, 0.717) is 6.42 Å². The maximum Gasteiger partial charge on any atom is 0.303 e. The van der Waals surface area contributed by atoms with Gasteiger partial charge in [0.1, 0.15) is 0 Å². The minimum Gasteiger partial charge on any atom is -0.481 e. The summed E-state index contributed by atoms with van der Waals surface area (Å²) < 4.78 is 0. The van der Waals surface area contributed by atoms with E-state index >= 15 is 0 Å². The molecule has 1 saturated carbocycles. The van der Waals surface area contributed by atoms with Gasteiger partial charge in [-0.3, -0.25) is 9.59 Å². The molecule has 0 aliphatic heterocycles. The topological polar surface area (TPSA) is 57.6 Å². The number of amides is 1. The maximum absolute atomic E-state index is 12.0. The van der Waals surface area contributed by atoms with E-state index in [1.54, 1.807) is 7.05 Å². The SMILES string of the molecule is C#CCN(C)C(=O)CC1(CC(=O)O)CCCCC1. The zero-order chi connectivity index (χ0) is 13.6. The second-order valence-corrected chi connectivity index (χ2v) is 5.26. The first-order valence-electron chi connectivity index (χ1n) is 6.38. The molecule has 0 bridgehead atoms. The highest BCUT2D eigenvalue weighted by Gasteiger charge is 2.37. The molecule has 1 aliphatic carbocycles. The van der Waals surface area contributed by atoms with Gasteiger partial charge in [-0.2, -0.15) is 0 Å². The Morgan fingerprint density at radius 3 is 2.39 bits per heavy atom. The fraction of sp³-hybridized carbons (Fsp3) is 0.714. The van der Waals surface area contributed by atoms with Crippen molar-refractivity contribution in [2.24, 2.45) is 5.41 Å². The van der Waals surface area contributed by atoms with Crippen LogP contribution in [0, 0.1) is 17.8 Å². The predicted octanol–water partition coefficient (Wildman–Crippen LogP) is 1.89. The third kappa shape index (κ3) is 4.06. The Morgan fingerprint density at radius 1 is 1.28 bits per heavy atom. The van der Waals surface area contributed by atoms with Gasteiger partial charge >= 0.3 is 5.97 Å². The van der Waals surface area contributed by atoms with Gasteiger partial charge in [-0.15, -0.1) is 6.42 Å². The third-order valence-corrected chi connectivity index (χ3v) is 3.72. The van der Waals surface area contributed by atoms with E-state index in [-0.39, 0.29) is 24.3 Å². The first-order valence-corrected chi connectivity index (χ1v) is 6.38. The second kappa shape index (κ2) is 6.44. The van der Waals surface area contributed by atoms with Crippen LogP contribution in [0.25, 0.3) is 0 Å². The number of carboxylic acids is 1.